The maximum absolute atomic E-state index is 12.7. The minimum atomic E-state index is -0.111. The molecule has 1 N–H and O–H groups in total. The van der Waals surface area contributed by atoms with E-state index in [9.17, 15) is 9.59 Å². The molecule has 0 spiro atoms. The van der Waals surface area contributed by atoms with Gasteiger partial charge < -0.3 is 9.72 Å². The van der Waals surface area contributed by atoms with Crippen molar-refractivity contribution in [3.63, 3.8) is 0 Å². The van der Waals surface area contributed by atoms with Crippen molar-refractivity contribution in [1.82, 2.24) is 19.3 Å². The summed E-state index contributed by atoms with van der Waals surface area (Å²) >= 11 is 0. The summed E-state index contributed by atoms with van der Waals surface area (Å²) in [4.78, 5) is 29.3. The minimum Gasteiger partial charge on any atom is -0.353 e. The number of amides is 1. The fourth-order valence-corrected chi connectivity index (χ4v) is 3.57. The van der Waals surface area contributed by atoms with Gasteiger partial charge in [0.2, 0.25) is 5.91 Å². The first-order valence-electron chi connectivity index (χ1n) is 8.48. The highest BCUT2D eigenvalue weighted by Crippen LogP contribution is 2.18. The van der Waals surface area contributed by atoms with Crippen LogP contribution in [0.3, 0.4) is 0 Å². The van der Waals surface area contributed by atoms with Gasteiger partial charge in [-0.15, -0.1) is 0 Å². The van der Waals surface area contributed by atoms with Gasteiger partial charge in [-0.1, -0.05) is 12.8 Å². The highest BCUT2D eigenvalue weighted by molar-refractivity contribution is 5.77. The van der Waals surface area contributed by atoms with Crippen LogP contribution in [0.25, 0.3) is 16.7 Å². The lowest BCUT2D eigenvalue weighted by Gasteiger charge is -2.14. The van der Waals surface area contributed by atoms with Gasteiger partial charge in [-0.05, 0) is 37.1 Å². The summed E-state index contributed by atoms with van der Waals surface area (Å²) in [5.41, 5.74) is 1.97. The Hall–Kier alpha value is -2.63. The standard InChI is InChI=1S/C18H20N4O2/c23-16(20-13-5-1-2-6-13)9-12-22-17-14(7-3-10-19-17)21-11-4-8-15(21)18(22)24/h3-4,7-8,10-11,13H,1-2,5-6,9,12H2,(H,20,23). The number of carbonyl (C=O) groups excluding carboxylic acids is 1. The van der Waals surface area contributed by atoms with Crippen molar-refractivity contribution >= 4 is 22.6 Å². The number of carbonyl (C=O) groups is 1. The van der Waals surface area contributed by atoms with Crippen LogP contribution in [0.4, 0.5) is 0 Å². The highest BCUT2D eigenvalue weighted by Gasteiger charge is 2.18. The van der Waals surface area contributed by atoms with Crippen molar-refractivity contribution in [2.45, 2.75) is 44.7 Å². The molecule has 1 fully saturated rings. The maximum atomic E-state index is 12.7. The van der Waals surface area contributed by atoms with Crippen LogP contribution in [-0.2, 0) is 11.3 Å². The molecule has 24 heavy (non-hydrogen) atoms. The van der Waals surface area contributed by atoms with Gasteiger partial charge in [-0.25, -0.2) is 4.98 Å². The lowest BCUT2D eigenvalue weighted by atomic mass is 10.2. The van der Waals surface area contributed by atoms with Gasteiger partial charge in [0, 0.05) is 31.4 Å². The lowest BCUT2D eigenvalue weighted by Crippen LogP contribution is -2.34. The van der Waals surface area contributed by atoms with Crippen molar-refractivity contribution in [3.05, 3.63) is 47.0 Å². The van der Waals surface area contributed by atoms with Gasteiger partial charge in [-0.2, -0.15) is 0 Å². The fourth-order valence-electron chi connectivity index (χ4n) is 3.57. The molecule has 0 bridgehead atoms. The molecule has 6 nitrogen and oxygen atoms in total. The van der Waals surface area contributed by atoms with Crippen LogP contribution in [0.1, 0.15) is 32.1 Å². The molecule has 1 aliphatic carbocycles. The van der Waals surface area contributed by atoms with E-state index in [-0.39, 0.29) is 11.5 Å². The molecular weight excluding hydrogens is 304 g/mol. The van der Waals surface area contributed by atoms with Crippen molar-refractivity contribution in [2.75, 3.05) is 0 Å². The molecule has 0 radical (unpaired) electrons. The van der Waals surface area contributed by atoms with Gasteiger partial charge >= 0.3 is 0 Å². The molecule has 3 aromatic rings. The smallest absolute Gasteiger partial charge is 0.276 e. The summed E-state index contributed by atoms with van der Waals surface area (Å²) in [6.45, 7) is 0.340. The van der Waals surface area contributed by atoms with E-state index in [1.54, 1.807) is 16.8 Å². The average molecular weight is 324 g/mol. The lowest BCUT2D eigenvalue weighted by molar-refractivity contribution is -0.121. The first-order chi connectivity index (χ1) is 11.7. The number of rotatable bonds is 4. The van der Waals surface area contributed by atoms with Crippen molar-refractivity contribution in [2.24, 2.45) is 0 Å². The molecule has 1 amide bonds. The predicted molar refractivity (Wildman–Crippen MR) is 92.0 cm³/mol. The van der Waals surface area contributed by atoms with Crippen molar-refractivity contribution in [3.8, 4) is 0 Å². The third-order valence-corrected chi connectivity index (χ3v) is 4.78. The Kier molecular flexibility index (Phi) is 3.80. The van der Waals surface area contributed by atoms with E-state index in [2.05, 4.69) is 10.3 Å². The van der Waals surface area contributed by atoms with Crippen LogP contribution in [0.15, 0.2) is 41.5 Å². The van der Waals surface area contributed by atoms with Gasteiger partial charge in [0.25, 0.3) is 5.56 Å². The second-order valence-corrected chi connectivity index (χ2v) is 6.37. The molecule has 0 aliphatic heterocycles. The Bertz CT molecular complexity index is 950. The largest absolute Gasteiger partial charge is 0.353 e. The Morgan fingerprint density at radius 3 is 2.83 bits per heavy atom. The van der Waals surface area contributed by atoms with E-state index >= 15 is 0 Å². The monoisotopic (exact) mass is 324 g/mol. The second-order valence-electron chi connectivity index (χ2n) is 6.37. The summed E-state index contributed by atoms with van der Waals surface area (Å²) < 4.78 is 3.46. The van der Waals surface area contributed by atoms with E-state index in [4.69, 9.17) is 0 Å². The highest BCUT2D eigenvalue weighted by atomic mass is 16.2. The SMILES string of the molecule is O=C(CCn1c(=O)c2cccn2c2cccnc21)NC1CCCC1. The molecular formula is C18H20N4O2. The summed E-state index contributed by atoms with van der Waals surface area (Å²) in [7, 11) is 0. The molecule has 0 unspecified atom stereocenters. The van der Waals surface area contributed by atoms with E-state index in [1.807, 2.05) is 28.8 Å². The first kappa shape index (κ1) is 14.9. The van der Waals surface area contributed by atoms with Gasteiger partial charge in [-0.3, -0.25) is 14.2 Å². The van der Waals surface area contributed by atoms with Gasteiger partial charge in [0.05, 0.1) is 5.52 Å². The van der Waals surface area contributed by atoms with Crippen LogP contribution < -0.4 is 10.9 Å². The minimum absolute atomic E-state index is 0.00753. The molecule has 4 rings (SSSR count). The van der Waals surface area contributed by atoms with Crippen LogP contribution in [0.5, 0.6) is 0 Å². The number of nitrogens with zero attached hydrogens (tertiary/aromatic N) is 3. The Morgan fingerprint density at radius 2 is 2.00 bits per heavy atom. The molecule has 1 saturated carbocycles. The third-order valence-electron chi connectivity index (χ3n) is 4.78. The topological polar surface area (TPSA) is 68.4 Å². The van der Waals surface area contributed by atoms with Crippen LogP contribution >= 0.6 is 0 Å². The molecule has 0 atom stereocenters. The number of aryl methyl sites for hydroxylation is 1. The van der Waals surface area contributed by atoms with Crippen molar-refractivity contribution in [1.29, 1.82) is 0 Å². The van der Waals surface area contributed by atoms with Crippen LogP contribution in [0, 0.1) is 0 Å². The maximum Gasteiger partial charge on any atom is 0.276 e. The molecule has 3 aromatic heterocycles. The van der Waals surface area contributed by atoms with E-state index in [0.717, 1.165) is 18.4 Å². The molecule has 0 aromatic carbocycles. The average Bonchev–Trinajstić information content (AvgIpc) is 3.26. The zero-order valence-corrected chi connectivity index (χ0v) is 13.4. The molecule has 124 valence electrons. The molecule has 6 heteroatoms. The zero-order chi connectivity index (χ0) is 16.5. The Morgan fingerprint density at radius 1 is 1.21 bits per heavy atom. The number of hydrogen-bond donors (Lipinski definition) is 1. The van der Waals surface area contributed by atoms with Crippen LogP contribution in [-0.4, -0.2) is 25.9 Å². The van der Waals surface area contributed by atoms with Gasteiger partial charge in [0.15, 0.2) is 5.65 Å². The molecule has 3 heterocycles. The summed E-state index contributed by atoms with van der Waals surface area (Å²) in [5.74, 6) is 0.00753. The summed E-state index contributed by atoms with van der Waals surface area (Å²) in [6.07, 6.45) is 8.31. The number of pyridine rings is 1. The zero-order valence-electron chi connectivity index (χ0n) is 13.4. The summed E-state index contributed by atoms with van der Waals surface area (Å²) in [5, 5.41) is 3.07. The fraction of sp³-hybridized carbons (Fsp3) is 0.389. The summed E-state index contributed by atoms with van der Waals surface area (Å²) in [6, 6.07) is 7.73. The first-order valence-corrected chi connectivity index (χ1v) is 8.48. The number of aromatic nitrogens is 3. The number of fused-ring (bicyclic) bond motifs is 3. The third kappa shape index (κ3) is 2.58. The van der Waals surface area contributed by atoms with E-state index < -0.39 is 0 Å². The molecule has 0 saturated heterocycles. The number of hydrogen-bond acceptors (Lipinski definition) is 3. The second kappa shape index (κ2) is 6.11. The van der Waals surface area contributed by atoms with Crippen LogP contribution in [0.2, 0.25) is 0 Å². The van der Waals surface area contributed by atoms with Crippen molar-refractivity contribution < 1.29 is 4.79 Å². The van der Waals surface area contributed by atoms with Gasteiger partial charge in [0.1, 0.15) is 5.52 Å². The quantitative estimate of drug-likeness (QED) is 0.799. The normalized spacial score (nSPS) is 15.3. The van der Waals surface area contributed by atoms with E-state index in [0.29, 0.717) is 30.2 Å². The predicted octanol–water partition coefficient (Wildman–Crippen LogP) is 2.10. The molecule has 1 aliphatic rings. The Balaban J connectivity index is 1.64. The number of nitrogens with one attached hydrogen (secondary N) is 1. The Labute approximate surface area is 139 Å². The van der Waals surface area contributed by atoms with E-state index in [1.165, 1.54) is 12.8 Å².